The molecule has 0 amide bonds. The molecule has 0 spiro atoms. The number of hydrogen-bond donors (Lipinski definition) is 1. The fourth-order valence-corrected chi connectivity index (χ4v) is 2.40. The summed E-state index contributed by atoms with van der Waals surface area (Å²) in [5.41, 5.74) is -1.23. The lowest BCUT2D eigenvalue weighted by Gasteiger charge is -2.14. The Hall–Kier alpha value is -1.83. The molecule has 2 aromatic rings. The maximum Gasteiger partial charge on any atom is 0.417 e. The van der Waals surface area contributed by atoms with Crippen molar-refractivity contribution >= 4 is 21.9 Å². The zero-order valence-corrected chi connectivity index (χ0v) is 11.7. The zero-order chi connectivity index (χ0) is 15.1. The first-order valence-corrected chi connectivity index (χ1v) is 6.14. The predicted octanol–water partition coefficient (Wildman–Crippen LogP) is 3.57. The number of rotatable bonds is 2. The van der Waals surface area contributed by atoms with E-state index in [9.17, 15) is 18.0 Å². The lowest BCUT2D eigenvalue weighted by Crippen LogP contribution is -2.09. The van der Waals surface area contributed by atoms with Crippen molar-refractivity contribution in [2.45, 2.75) is 6.18 Å². The molecule has 4 nitrogen and oxygen atoms in total. The van der Waals surface area contributed by atoms with Crippen LogP contribution in [0.2, 0.25) is 0 Å². The predicted molar refractivity (Wildman–Crippen MR) is 68.3 cm³/mol. The molecule has 0 saturated heterocycles. The number of aromatic carboxylic acids is 1. The second-order valence-corrected chi connectivity index (χ2v) is 4.86. The van der Waals surface area contributed by atoms with Gasteiger partial charge in [-0.1, -0.05) is 22.0 Å². The smallest absolute Gasteiger partial charge is 0.417 e. The van der Waals surface area contributed by atoms with Gasteiger partial charge >= 0.3 is 12.1 Å². The first kappa shape index (κ1) is 14.6. The van der Waals surface area contributed by atoms with Gasteiger partial charge in [0.05, 0.1) is 11.3 Å². The van der Waals surface area contributed by atoms with E-state index in [-0.39, 0.29) is 21.4 Å². The van der Waals surface area contributed by atoms with Gasteiger partial charge in [-0.15, -0.1) is 0 Å². The highest BCUT2D eigenvalue weighted by molar-refractivity contribution is 9.10. The summed E-state index contributed by atoms with van der Waals surface area (Å²) in [5, 5.41) is 12.5. The Kier molecular flexibility index (Phi) is 3.59. The molecule has 0 fully saturated rings. The van der Waals surface area contributed by atoms with Crippen molar-refractivity contribution in [1.29, 1.82) is 0 Å². The summed E-state index contributed by atoms with van der Waals surface area (Å²) in [4.78, 5) is 10.9. The molecule has 0 unspecified atom stereocenters. The molecule has 1 heterocycles. The Bertz CT molecular complexity index is 680. The molecule has 2 rings (SSSR count). The Morgan fingerprint density at radius 2 is 2.05 bits per heavy atom. The van der Waals surface area contributed by atoms with E-state index in [2.05, 4.69) is 21.0 Å². The molecular formula is C12H8BrF3N2O2. The number of carboxylic acid groups (broad SMARTS) is 1. The summed E-state index contributed by atoms with van der Waals surface area (Å²) in [5.74, 6) is -1.30. The number of aromatic nitrogens is 2. The number of carboxylic acids is 1. The summed E-state index contributed by atoms with van der Waals surface area (Å²) in [7, 11) is 1.39. The minimum atomic E-state index is -4.55. The quantitative estimate of drug-likeness (QED) is 0.902. The first-order valence-electron chi connectivity index (χ1n) is 5.35. The molecule has 0 aliphatic heterocycles. The molecule has 0 aliphatic carbocycles. The van der Waals surface area contributed by atoms with Crippen molar-refractivity contribution in [3.8, 4) is 11.3 Å². The van der Waals surface area contributed by atoms with E-state index in [1.165, 1.54) is 19.2 Å². The van der Waals surface area contributed by atoms with Crippen LogP contribution in [-0.4, -0.2) is 20.9 Å². The zero-order valence-electron chi connectivity index (χ0n) is 10.1. The van der Waals surface area contributed by atoms with Crippen LogP contribution in [0.5, 0.6) is 0 Å². The molecule has 0 radical (unpaired) electrons. The third kappa shape index (κ3) is 2.55. The van der Waals surface area contributed by atoms with Crippen LogP contribution in [0.25, 0.3) is 11.3 Å². The Morgan fingerprint density at radius 3 is 2.55 bits per heavy atom. The summed E-state index contributed by atoms with van der Waals surface area (Å²) >= 11 is 3.07. The number of halogens is 4. The molecule has 1 N–H and O–H groups in total. The fraction of sp³-hybridized carbons (Fsp3) is 0.167. The molecule has 1 aromatic heterocycles. The Balaban J connectivity index is 2.73. The average Bonchev–Trinajstić information content (AvgIpc) is 2.70. The normalized spacial score (nSPS) is 11.7. The van der Waals surface area contributed by atoms with Crippen LogP contribution in [0.1, 0.15) is 16.1 Å². The third-order valence-electron chi connectivity index (χ3n) is 2.67. The van der Waals surface area contributed by atoms with Gasteiger partial charge in [0.25, 0.3) is 0 Å². The maximum atomic E-state index is 13.0. The number of alkyl halides is 3. The molecule has 0 aliphatic rings. The van der Waals surface area contributed by atoms with Crippen LogP contribution in [0, 0.1) is 0 Å². The molecule has 8 heteroatoms. The number of nitrogens with zero attached hydrogens (tertiary/aromatic N) is 2. The van der Waals surface area contributed by atoms with Gasteiger partial charge in [0, 0.05) is 17.1 Å². The standard InChI is InChI=1S/C12H8BrF3N2O2/c1-18-9(5-8(17-18)11(19)20)10-6(12(14,15)16)3-2-4-7(10)13/h2-5H,1H3,(H,19,20). The van der Waals surface area contributed by atoms with Crippen LogP contribution >= 0.6 is 15.9 Å². The van der Waals surface area contributed by atoms with E-state index in [1.54, 1.807) is 0 Å². The van der Waals surface area contributed by atoms with E-state index in [0.29, 0.717) is 0 Å². The summed E-state index contributed by atoms with van der Waals surface area (Å²) in [6.07, 6.45) is -4.55. The number of carbonyl (C=O) groups is 1. The van der Waals surface area contributed by atoms with Gasteiger partial charge in [-0.2, -0.15) is 18.3 Å². The molecule has 20 heavy (non-hydrogen) atoms. The summed E-state index contributed by atoms with van der Waals surface area (Å²) < 4.78 is 40.5. The maximum absolute atomic E-state index is 13.0. The van der Waals surface area contributed by atoms with Crippen molar-refractivity contribution in [2.24, 2.45) is 7.05 Å². The van der Waals surface area contributed by atoms with Crippen molar-refractivity contribution < 1.29 is 23.1 Å². The van der Waals surface area contributed by atoms with Gasteiger partial charge in [0.2, 0.25) is 0 Å². The number of benzene rings is 1. The van der Waals surface area contributed by atoms with Crippen molar-refractivity contribution in [3.63, 3.8) is 0 Å². The monoisotopic (exact) mass is 348 g/mol. The highest BCUT2D eigenvalue weighted by Gasteiger charge is 2.35. The highest BCUT2D eigenvalue weighted by atomic mass is 79.9. The van der Waals surface area contributed by atoms with E-state index in [4.69, 9.17) is 5.11 Å². The van der Waals surface area contributed by atoms with Gasteiger partial charge in [-0.05, 0) is 18.2 Å². The van der Waals surface area contributed by atoms with Gasteiger partial charge in [0.15, 0.2) is 5.69 Å². The van der Waals surface area contributed by atoms with Gasteiger partial charge in [-0.25, -0.2) is 4.79 Å². The second-order valence-electron chi connectivity index (χ2n) is 4.00. The lowest BCUT2D eigenvalue weighted by atomic mass is 10.0. The summed E-state index contributed by atoms with van der Waals surface area (Å²) in [6.45, 7) is 0. The van der Waals surface area contributed by atoms with Crippen molar-refractivity contribution in [2.75, 3.05) is 0 Å². The molecule has 1 aromatic carbocycles. The lowest BCUT2D eigenvalue weighted by molar-refractivity contribution is -0.137. The van der Waals surface area contributed by atoms with E-state index in [1.807, 2.05) is 0 Å². The average molecular weight is 349 g/mol. The summed E-state index contributed by atoms with van der Waals surface area (Å²) in [6, 6.07) is 4.77. The van der Waals surface area contributed by atoms with Crippen LogP contribution < -0.4 is 0 Å². The minimum absolute atomic E-state index is 0.0715. The minimum Gasteiger partial charge on any atom is -0.476 e. The molecule has 106 valence electrons. The van der Waals surface area contributed by atoms with Crippen molar-refractivity contribution in [1.82, 2.24) is 9.78 Å². The Morgan fingerprint density at radius 1 is 1.40 bits per heavy atom. The van der Waals surface area contributed by atoms with Gasteiger partial charge in [-0.3, -0.25) is 4.68 Å². The van der Waals surface area contributed by atoms with Crippen LogP contribution in [0.3, 0.4) is 0 Å². The highest BCUT2D eigenvalue weighted by Crippen LogP contribution is 2.40. The van der Waals surface area contributed by atoms with Crippen LogP contribution in [0.15, 0.2) is 28.7 Å². The third-order valence-corrected chi connectivity index (χ3v) is 3.33. The van der Waals surface area contributed by atoms with Crippen LogP contribution in [0.4, 0.5) is 13.2 Å². The number of aryl methyl sites for hydroxylation is 1. The largest absolute Gasteiger partial charge is 0.476 e. The molecule has 0 atom stereocenters. The second kappa shape index (κ2) is 4.93. The fourth-order valence-electron chi connectivity index (χ4n) is 1.83. The van der Waals surface area contributed by atoms with E-state index < -0.39 is 17.7 Å². The molecule has 0 bridgehead atoms. The number of hydrogen-bond acceptors (Lipinski definition) is 2. The first-order chi connectivity index (χ1) is 9.21. The SMILES string of the molecule is Cn1nc(C(=O)O)cc1-c1c(Br)cccc1C(F)(F)F. The van der Waals surface area contributed by atoms with Crippen molar-refractivity contribution in [3.05, 3.63) is 40.0 Å². The topological polar surface area (TPSA) is 55.1 Å². The Labute approximate surface area is 120 Å². The molecule has 0 saturated carbocycles. The van der Waals surface area contributed by atoms with Gasteiger partial charge in [0.1, 0.15) is 0 Å². The van der Waals surface area contributed by atoms with E-state index in [0.717, 1.165) is 16.8 Å². The van der Waals surface area contributed by atoms with Gasteiger partial charge < -0.3 is 5.11 Å². The van der Waals surface area contributed by atoms with Crippen LogP contribution in [-0.2, 0) is 13.2 Å². The van der Waals surface area contributed by atoms with E-state index >= 15 is 0 Å². The molecular weight excluding hydrogens is 341 g/mol.